The topological polar surface area (TPSA) is 21.3 Å². The molecule has 1 rings (SSSR count). The SMILES string of the molecule is CCCNC(C)C1C(C)OC(C)C1C. The van der Waals surface area contributed by atoms with E-state index in [0.717, 1.165) is 6.54 Å². The summed E-state index contributed by atoms with van der Waals surface area (Å²) >= 11 is 0. The van der Waals surface area contributed by atoms with Crippen LogP contribution in [-0.2, 0) is 4.74 Å². The molecule has 0 bridgehead atoms. The molecule has 1 fully saturated rings. The van der Waals surface area contributed by atoms with E-state index >= 15 is 0 Å². The third-order valence-electron chi connectivity index (χ3n) is 3.61. The molecule has 0 amide bonds. The number of ether oxygens (including phenoxy) is 1. The summed E-state index contributed by atoms with van der Waals surface area (Å²) in [6.07, 6.45) is 2.02. The van der Waals surface area contributed by atoms with Gasteiger partial charge in [-0.25, -0.2) is 0 Å². The fourth-order valence-electron chi connectivity index (χ4n) is 2.66. The molecule has 0 spiro atoms. The van der Waals surface area contributed by atoms with Gasteiger partial charge in [-0.1, -0.05) is 13.8 Å². The van der Waals surface area contributed by atoms with Crippen molar-refractivity contribution in [3.63, 3.8) is 0 Å². The molecule has 84 valence electrons. The van der Waals surface area contributed by atoms with Crippen LogP contribution >= 0.6 is 0 Å². The molecule has 1 N–H and O–H groups in total. The highest BCUT2D eigenvalue weighted by Crippen LogP contribution is 2.34. The fourth-order valence-corrected chi connectivity index (χ4v) is 2.66. The molecule has 14 heavy (non-hydrogen) atoms. The van der Waals surface area contributed by atoms with Crippen molar-refractivity contribution < 1.29 is 4.74 Å². The summed E-state index contributed by atoms with van der Waals surface area (Å²) in [7, 11) is 0. The summed E-state index contributed by atoms with van der Waals surface area (Å²) in [5.41, 5.74) is 0. The summed E-state index contributed by atoms with van der Waals surface area (Å²) in [5, 5.41) is 3.58. The van der Waals surface area contributed by atoms with Gasteiger partial charge in [-0.2, -0.15) is 0 Å². The molecule has 0 aromatic rings. The van der Waals surface area contributed by atoms with E-state index in [1.54, 1.807) is 0 Å². The molecule has 2 nitrogen and oxygen atoms in total. The fraction of sp³-hybridized carbons (Fsp3) is 1.00. The smallest absolute Gasteiger partial charge is 0.0597 e. The van der Waals surface area contributed by atoms with Crippen LogP contribution in [0.1, 0.15) is 41.0 Å². The van der Waals surface area contributed by atoms with Crippen LogP contribution in [0.2, 0.25) is 0 Å². The maximum Gasteiger partial charge on any atom is 0.0597 e. The predicted molar refractivity (Wildman–Crippen MR) is 60.4 cm³/mol. The zero-order valence-electron chi connectivity index (χ0n) is 10.2. The molecular formula is C12H25NO. The van der Waals surface area contributed by atoms with Crippen molar-refractivity contribution in [3.05, 3.63) is 0 Å². The standard InChI is InChI=1S/C12H25NO/c1-6-7-13-9(3)12-8(2)10(4)14-11(12)5/h8-13H,6-7H2,1-5H3. The van der Waals surface area contributed by atoms with E-state index in [1.807, 2.05) is 0 Å². The molecular weight excluding hydrogens is 174 g/mol. The maximum atomic E-state index is 5.85. The van der Waals surface area contributed by atoms with E-state index < -0.39 is 0 Å². The molecule has 0 aromatic heterocycles. The molecule has 5 unspecified atom stereocenters. The van der Waals surface area contributed by atoms with Gasteiger partial charge in [0, 0.05) is 12.0 Å². The van der Waals surface area contributed by atoms with Crippen LogP contribution in [0.25, 0.3) is 0 Å². The normalized spacial score (nSPS) is 40.1. The minimum absolute atomic E-state index is 0.402. The largest absolute Gasteiger partial charge is 0.375 e. The van der Waals surface area contributed by atoms with Crippen molar-refractivity contribution in [1.29, 1.82) is 0 Å². The average Bonchev–Trinajstić information content (AvgIpc) is 2.38. The van der Waals surface area contributed by atoms with Crippen LogP contribution in [0.5, 0.6) is 0 Å². The van der Waals surface area contributed by atoms with Crippen LogP contribution in [-0.4, -0.2) is 24.8 Å². The second kappa shape index (κ2) is 5.13. The zero-order chi connectivity index (χ0) is 10.7. The molecule has 0 saturated carbocycles. The quantitative estimate of drug-likeness (QED) is 0.751. The van der Waals surface area contributed by atoms with Crippen LogP contribution < -0.4 is 5.32 Å². The summed E-state index contributed by atoms with van der Waals surface area (Å²) in [6, 6.07) is 0.574. The van der Waals surface area contributed by atoms with Crippen molar-refractivity contribution in [3.8, 4) is 0 Å². The van der Waals surface area contributed by atoms with Crippen LogP contribution in [0, 0.1) is 11.8 Å². The molecule has 5 atom stereocenters. The molecule has 1 heterocycles. The Labute approximate surface area is 88.4 Å². The van der Waals surface area contributed by atoms with E-state index in [9.17, 15) is 0 Å². The second-order valence-corrected chi connectivity index (χ2v) is 4.73. The lowest BCUT2D eigenvalue weighted by molar-refractivity contribution is 0.0483. The number of nitrogens with one attached hydrogen (secondary N) is 1. The Morgan fingerprint density at radius 1 is 1.21 bits per heavy atom. The summed E-state index contributed by atoms with van der Waals surface area (Å²) in [5.74, 6) is 1.33. The Kier molecular flexibility index (Phi) is 4.39. The lowest BCUT2D eigenvalue weighted by atomic mass is 9.84. The highest BCUT2D eigenvalue weighted by Gasteiger charge is 2.39. The van der Waals surface area contributed by atoms with E-state index in [4.69, 9.17) is 4.74 Å². The third kappa shape index (κ3) is 2.48. The molecule has 1 aliphatic heterocycles. The number of hydrogen-bond acceptors (Lipinski definition) is 2. The molecule has 1 saturated heterocycles. The lowest BCUT2D eigenvalue weighted by Crippen LogP contribution is -2.39. The van der Waals surface area contributed by atoms with Gasteiger partial charge in [0.2, 0.25) is 0 Å². The second-order valence-electron chi connectivity index (χ2n) is 4.73. The average molecular weight is 199 g/mol. The summed E-state index contributed by atoms with van der Waals surface area (Å²) in [6.45, 7) is 12.3. The van der Waals surface area contributed by atoms with Crippen LogP contribution in [0.3, 0.4) is 0 Å². The Balaban J connectivity index is 2.49. The van der Waals surface area contributed by atoms with E-state index in [0.29, 0.717) is 30.1 Å². The molecule has 1 aliphatic rings. The summed E-state index contributed by atoms with van der Waals surface area (Å²) < 4.78 is 5.85. The van der Waals surface area contributed by atoms with Gasteiger partial charge in [-0.05, 0) is 39.7 Å². The zero-order valence-corrected chi connectivity index (χ0v) is 10.2. The minimum atomic E-state index is 0.402. The van der Waals surface area contributed by atoms with Gasteiger partial charge in [-0.15, -0.1) is 0 Å². The van der Waals surface area contributed by atoms with Crippen molar-refractivity contribution in [1.82, 2.24) is 5.32 Å². The minimum Gasteiger partial charge on any atom is -0.375 e. The van der Waals surface area contributed by atoms with Crippen molar-refractivity contribution in [2.24, 2.45) is 11.8 Å². The van der Waals surface area contributed by atoms with E-state index in [2.05, 4.69) is 39.9 Å². The van der Waals surface area contributed by atoms with E-state index in [-0.39, 0.29) is 0 Å². The highest BCUT2D eigenvalue weighted by molar-refractivity contribution is 4.89. The van der Waals surface area contributed by atoms with Crippen LogP contribution in [0.15, 0.2) is 0 Å². The first-order valence-electron chi connectivity index (χ1n) is 5.96. The van der Waals surface area contributed by atoms with Gasteiger partial charge in [0.15, 0.2) is 0 Å². The van der Waals surface area contributed by atoms with Crippen molar-refractivity contribution in [2.45, 2.75) is 59.3 Å². The monoisotopic (exact) mass is 199 g/mol. The number of hydrogen-bond donors (Lipinski definition) is 1. The Hall–Kier alpha value is -0.0800. The van der Waals surface area contributed by atoms with Crippen molar-refractivity contribution >= 4 is 0 Å². The first-order chi connectivity index (χ1) is 6.57. The van der Waals surface area contributed by atoms with Gasteiger partial charge in [0.1, 0.15) is 0 Å². The number of rotatable bonds is 4. The first-order valence-corrected chi connectivity index (χ1v) is 5.96. The Bertz CT molecular complexity index is 172. The molecule has 0 aliphatic carbocycles. The highest BCUT2D eigenvalue weighted by atomic mass is 16.5. The van der Waals surface area contributed by atoms with Gasteiger partial charge < -0.3 is 10.1 Å². The van der Waals surface area contributed by atoms with Gasteiger partial charge in [0.05, 0.1) is 12.2 Å². The van der Waals surface area contributed by atoms with Gasteiger partial charge in [0.25, 0.3) is 0 Å². The van der Waals surface area contributed by atoms with Gasteiger partial charge >= 0.3 is 0 Å². The van der Waals surface area contributed by atoms with Gasteiger partial charge in [-0.3, -0.25) is 0 Å². The van der Waals surface area contributed by atoms with Crippen LogP contribution in [0.4, 0.5) is 0 Å². The summed E-state index contributed by atoms with van der Waals surface area (Å²) in [4.78, 5) is 0. The Morgan fingerprint density at radius 3 is 2.29 bits per heavy atom. The molecule has 0 radical (unpaired) electrons. The van der Waals surface area contributed by atoms with E-state index in [1.165, 1.54) is 6.42 Å². The molecule has 0 aromatic carbocycles. The predicted octanol–water partition coefficient (Wildman–Crippen LogP) is 2.43. The maximum absolute atomic E-state index is 5.85. The lowest BCUT2D eigenvalue weighted by Gasteiger charge is -2.26. The molecule has 2 heteroatoms. The third-order valence-corrected chi connectivity index (χ3v) is 3.61. The van der Waals surface area contributed by atoms with Crippen molar-refractivity contribution in [2.75, 3.05) is 6.54 Å². The first kappa shape index (κ1) is 12.0. The Morgan fingerprint density at radius 2 is 1.86 bits per heavy atom.